The minimum Gasteiger partial charge on any atom is -0.486 e. The molecule has 88 valence electrons. The Morgan fingerprint density at radius 1 is 1.31 bits per heavy atom. The Bertz CT molecular complexity index is 368. The maximum atomic E-state index is 10.6. The Kier molecular flexibility index (Phi) is 4.95. The van der Waals surface area contributed by atoms with E-state index >= 15 is 0 Å². The number of rotatable bonds is 4. The van der Waals surface area contributed by atoms with Gasteiger partial charge in [0.15, 0.2) is 0 Å². The second-order valence-corrected chi connectivity index (χ2v) is 5.20. The third-order valence-electron chi connectivity index (χ3n) is 2.14. The maximum Gasteiger partial charge on any atom is 0.150 e. The number of ether oxygens (including phenoxy) is 1. The van der Waals surface area contributed by atoms with Crippen LogP contribution in [0.5, 0.6) is 5.75 Å². The Morgan fingerprint density at radius 3 is 2.19 bits per heavy atom. The zero-order chi connectivity index (χ0) is 12.3. The molecule has 0 heterocycles. The molecule has 2 unspecified atom stereocenters. The van der Waals surface area contributed by atoms with Gasteiger partial charge in [0, 0.05) is 5.56 Å². The van der Waals surface area contributed by atoms with E-state index in [2.05, 4.69) is 31.9 Å². The number of carbonyl (C=O) groups is 1. The van der Waals surface area contributed by atoms with Crippen molar-refractivity contribution < 1.29 is 14.6 Å². The second-order valence-electron chi connectivity index (χ2n) is 3.50. The van der Waals surface area contributed by atoms with Crippen molar-refractivity contribution in [3.63, 3.8) is 0 Å². The van der Waals surface area contributed by atoms with Crippen LogP contribution in [0.1, 0.15) is 24.2 Å². The monoisotopic (exact) mass is 350 g/mol. The van der Waals surface area contributed by atoms with Gasteiger partial charge in [-0.15, -0.1) is 0 Å². The largest absolute Gasteiger partial charge is 0.486 e. The smallest absolute Gasteiger partial charge is 0.150 e. The molecule has 3 nitrogen and oxygen atoms in total. The Labute approximate surface area is 111 Å². The zero-order valence-corrected chi connectivity index (χ0v) is 12.1. The molecule has 1 rings (SSSR count). The first-order valence-electron chi connectivity index (χ1n) is 4.74. The highest BCUT2D eigenvalue weighted by molar-refractivity contribution is 9.11. The molecule has 0 bridgehead atoms. The second kappa shape index (κ2) is 5.80. The van der Waals surface area contributed by atoms with Crippen LogP contribution in [-0.4, -0.2) is 23.6 Å². The van der Waals surface area contributed by atoms with E-state index in [1.165, 1.54) is 0 Å². The molecular formula is C11H12Br2O3. The molecule has 16 heavy (non-hydrogen) atoms. The summed E-state index contributed by atoms with van der Waals surface area (Å²) in [5.41, 5.74) is 0.552. The van der Waals surface area contributed by atoms with Gasteiger partial charge < -0.3 is 9.84 Å². The molecule has 0 radical (unpaired) electrons. The van der Waals surface area contributed by atoms with E-state index in [1.54, 1.807) is 26.0 Å². The van der Waals surface area contributed by atoms with Crippen molar-refractivity contribution in [1.29, 1.82) is 0 Å². The number of aldehydes is 1. The van der Waals surface area contributed by atoms with E-state index in [-0.39, 0.29) is 6.10 Å². The molecule has 1 N–H and O–H groups in total. The van der Waals surface area contributed by atoms with Crippen LogP contribution >= 0.6 is 31.9 Å². The van der Waals surface area contributed by atoms with Crippen LogP contribution in [-0.2, 0) is 0 Å². The lowest BCUT2D eigenvalue weighted by Gasteiger charge is -2.19. The molecule has 0 spiro atoms. The zero-order valence-electron chi connectivity index (χ0n) is 8.91. The molecule has 1 aromatic carbocycles. The molecule has 0 aliphatic heterocycles. The first kappa shape index (κ1) is 13.7. The molecule has 5 heteroatoms. The summed E-state index contributed by atoms with van der Waals surface area (Å²) in [4.78, 5) is 10.6. The molecule has 0 aliphatic carbocycles. The highest BCUT2D eigenvalue weighted by Crippen LogP contribution is 2.35. The number of hydrogen-bond donors (Lipinski definition) is 1. The van der Waals surface area contributed by atoms with Crippen molar-refractivity contribution in [1.82, 2.24) is 0 Å². The number of carbonyl (C=O) groups excluding carboxylic acids is 1. The SMILES string of the molecule is CC(O)C(C)Oc1c(Br)cc(C=O)cc1Br. The quantitative estimate of drug-likeness (QED) is 0.847. The van der Waals surface area contributed by atoms with Crippen LogP contribution < -0.4 is 4.74 Å². The summed E-state index contributed by atoms with van der Waals surface area (Å²) in [5, 5.41) is 9.35. The standard InChI is InChI=1S/C11H12Br2O3/c1-6(15)7(2)16-11-9(12)3-8(5-14)4-10(11)13/h3-7,15H,1-2H3. The van der Waals surface area contributed by atoms with Gasteiger partial charge in [-0.25, -0.2) is 0 Å². The average Bonchev–Trinajstić information content (AvgIpc) is 2.22. The van der Waals surface area contributed by atoms with Crippen LogP contribution in [0.4, 0.5) is 0 Å². The summed E-state index contributed by atoms with van der Waals surface area (Å²) in [7, 11) is 0. The van der Waals surface area contributed by atoms with E-state index in [0.717, 1.165) is 6.29 Å². The molecule has 2 atom stereocenters. The average molecular weight is 352 g/mol. The van der Waals surface area contributed by atoms with Crippen LogP contribution in [0.15, 0.2) is 21.1 Å². The van der Waals surface area contributed by atoms with Gasteiger partial charge in [0.05, 0.1) is 15.0 Å². The van der Waals surface area contributed by atoms with Crippen LogP contribution in [0.25, 0.3) is 0 Å². The number of halogens is 2. The Balaban J connectivity index is 3.01. The molecule has 0 aromatic heterocycles. The lowest BCUT2D eigenvalue weighted by molar-refractivity contribution is 0.0594. The van der Waals surface area contributed by atoms with Crippen molar-refractivity contribution in [3.05, 3.63) is 26.6 Å². The predicted molar refractivity (Wildman–Crippen MR) is 69.0 cm³/mol. The summed E-state index contributed by atoms with van der Waals surface area (Å²) < 4.78 is 6.93. The molecule has 0 saturated carbocycles. The van der Waals surface area contributed by atoms with Crippen LogP contribution in [0.3, 0.4) is 0 Å². The van der Waals surface area contributed by atoms with Gasteiger partial charge >= 0.3 is 0 Å². The molecule has 0 saturated heterocycles. The van der Waals surface area contributed by atoms with Crippen molar-refractivity contribution in [2.24, 2.45) is 0 Å². The third-order valence-corrected chi connectivity index (χ3v) is 3.32. The van der Waals surface area contributed by atoms with Gasteiger partial charge in [0.1, 0.15) is 18.1 Å². The minimum absolute atomic E-state index is 0.324. The van der Waals surface area contributed by atoms with E-state index in [4.69, 9.17) is 4.74 Å². The summed E-state index contributed by atoms with van der Waals surface area (Å²) in [5.74, 6) is 0.582. The number of hydrogen-bond acceptors (Lipinski definition) is 3. The van der Waals surface area contributed by atoms with E-state index in [1.807, 2.05) is 0 Å². The van der Waals surface area contributed by atoms with Crippen LogP contribution in [0.2, 0.25) is 0 Å². The van der Waals surface area contributed by atoms with Gasteiger partial charge in [-0.1, -0.05) is 0 Å². The highest BCUT2D eigenvalue weighted by Gasteiger charge is 2.15. The fraction of sp³-hybridized carbons (Fsp3) is 0.364. The third kappa shape index (κ3) is 3.30. The fourth-order valence-corrected chi connectivity index (χ4v) is 2.45. The first-order valence-corrected chi connectivity index (χ1v) is 6.33. The first-order chi connectivity index (χ1) is 7.45. The number of aliphatic hydroxyl groups excluding tert-OH is 1. The molecular weight excluding hydrogens is 340 g/mol. The lowest BCUT2D eigenvalue weighted by Crippen LogP contribution is -2.25. The lowest BCUT2D eigenvalue weighted by atomic mass is 10.2. The number of aliphatic hydroxyl groups is 1. The molecule has 0 fully saturated rings. The highest BCUT2D eigenvalue weighted by atomic mass is 79.9. The molecule has 0 amide bonds. The van der Waals surface area contributed by atoms with Crippen molar-refractivity contribution in [2.75, 3.05) is 0 Å². The topological polar surface area (TPSA) is 46.5 Å². The van der Waals surface area contributed by atoms with Gasteiger partial charge in [-0.2, -0.15) is 0 Å². The molecule has 0 aliphatic rings. The maximum absolute atomic E-state index is 10.6. The summed E-state index contributed by atoms with van der Waals surface area (Å²) in [6.45, 7) is 3.43. The van der Waals surface area contributed by atoms with Crippen molar-refractivity contribution >= 4 is 38.1 Å². The fourth-order valence-electron chi connectivity index (χ4n) is 1.04. The van der Waals surface area contributed by atoms with Gasteiger partial charge in [-0.05, 0) is 57.8 Å². The van der Waals surface area contributed by atoms with E-state index in [0.29, 0.717) is 20.3 Å². The minimum atomic E-state index is -0.565. The summed E-state index contributed by atoms with van der Waals surface area (Å²) in [6, 6.07) is 3.34. The molecule has 1 aromatic rings. The Morgan fingerprint density at radius 2 is 1.81 bits per heavy atom. The number of benzene rings is 1. The summed E-state index contributed by atoms with van der Waals surface area (Å²) in [6.07, 6.45) is -0.128. The van der Waals surface area contributed by atoms with Crippen LogP contribution in [0, 0.1) is 0 Å². The predicted octanol–water partition coefficient (Wildman–Crippen LogP) is 3.17. The van der Waals surface area contributed by atoms with Crippen molar-refractivity contribution in [2.45, 2.75) is 26.1 Å². The van der Waals surface area contributed by atoms with Gasteiger partial charge in [0.25, 0.3) is 0 Å². The van der Waals surface area contributed by atoms with Gasteiger partial charge in [-0.3, -0.25) is 4.79 Å². The van der Waals surface area contributed by atoms with Crippen molar-refractivity contribution in [3.8, 4) is 5.75 Å². The normalized spacial score (nSPS) is 14.3. The van der Waals surface area contributed by atoms with E-state index in [9.17, 15) is 9.90 Å². The van der Waals surface area contributed by atoms with E-state index < -0.39 is 6.10 Å². The Hall–Kier alpha value is -0.390. The summed E-state index contributed by atoms with van der Waals surface area (Å²) >= 11 is 6.64. The van der Waals surface area contributed by atoms with Gasteiger partial charge in [0.2, 0.25) is 0 Å².